The molecule has 0 aliphatic carbocycles. The Hall–Kier alpha value is -2.54. The summed E-state index contributed by atoms with van der Waals surface area (Å²) >= 11 is 1.50. The van der Waals surface area contributed by atoms with E-state index in [1.54, 1.807) is 22.9 Å². The number of thiophene rings is 1. The standard InChI is InChI=1S/C20H22N4O5S3/c21-32(28,29)16-5-3-14(4-6-16)7-9-22-20(25)17-12-18(19-2-1-10-30-19)24(23-17)15-8-11-31(26,27)13-15/h1-6,10,12,15H,7-9,11,13H2,(H,22,25)(H2,21,28,29). The quantitative estimate of drug-likeness (QED) is 0.511. The van der Waals surface area contributed by atoms with Crippen molar-refractivity contribution in [2.75, 3.05) is 18.1 Å². The molecule has 1 aliphatic rings. The van der Waals surface area contributed by atoms with E-state index in [0.29, 0.717) is 19.4 Å². The van der Waals surface area contributed by atoms with Gasteiger partial charge in [-0.3, -0.25) is 9.48 Å². The summed E-state index contributed by atoms with van der Waals surface area (Å²) in [5.41, 5.74) is 1.80. The molecule has 1 amide bonds. The Morgan fingerprint density at radius 2 is 2.00 bits per heavy atom. The van der Waals surface area contributed by atoms with E-state index < -0.39 is 19.9 Å². The van der Waals surface area contributed by atoms with Crippen molar-refractivity contribution in [2.45, 2.75) is 23.8 Å². The van der Waals surface area contributed by atoms with Crippen LogP contribution in [0.1, 0.15) is 28.5 Å². The number of rotatable bonds is 7. The SMILES string of the molecule is NS(=O)(=O)c1ccc(CCNC(=O)c2cc(-c3cccs3)n(C3CCS(=O)(=O)C3)n2)cc1. The van der Waals surface area contributed by atoms with Gasteiger partial charge < -0.3 is 5.32 Å². The van der Waals surface area contributed by atoms with Crippen LogP contribution in [-0.4, -0.2) is 50.6 Å². The Balaban J connectivity index is 1.46. The number of carbonyl (C=O) groups is 1. The molecule has 0 saturated carbocycles. The number of sulfonamides is 1. The molecule has 9 nitrogen and oxygen atoms in total. The van der Waals surface area contributed by atoms with E-state index in [9.17, 15) is 21.6 Å². The average molecular weight is 495 g/mol. The van der Waals surface area contributed by atoms with E-state index in [1.807, 2.05) is 17.5 Å². The third kappa shape index (κ3) is 5.09. The number of nitrogens with zero attached hydrogens (tertiary/aromatic N) is 2. The molecule has 0 bridgehead atoms. The van der Waals surface area contributed by atoms with Crippen molar-refractivity contribution in [3.05, 3.63) is 59.1 Å². The van der Waals surface area contributed by atoms with Crippen molar-refractivity contribution in [2.24, 2.45) is 5.14 Å². The lowest BCUT2D eigenvalue weighted by molar-refractivity contribution is 0.0948. The van der Waals surface area contributed by atoms with E-state index in [-0.39, 0.29) is 34.0 Å². The topological polar surface area (TPSA) is 141 Å². The number of nitrogens with two attached hydrogens (primary N) is 1. The van der Waals surface area contributed by atoms with Gasteiger partial charge in [-0.1, -0.05) is 18.2 Å². The number of carbonyl (C=O) groups excluding carboxylic acids is 1. The van der Waals surface area contributed by atoms with Gasteiger partial charge in [0.25, 0.3) is 5.91 Å². The zero-order valence-corrected chi connectivity index (χ0v) is 19.4. The van der Waals surface area contributed by atoms with E-state index in [0.717, 1.165) is 16.1 Å². The molecule has 32 heavy (non-hydrogen) atoms. The second-order valence-corrected chi connectivity index (χ2v) is 12.3. The number of hydrogen-bond acceptors (Lipinski definition) is 7. The van der Waals surface area contributed by atoms with Crippen LogP contribution >= 0.6 is 11.3 Å². The molecule has 3 aromatic rings. The first-order valence-electron chi connectivity index (χ1n) is 9.86. The molecule has 2 aromatic heterocycles. The van der Waals surface area contributed by atoms with Gasteiger partial charge in [0.05, 0.1) is 33.0 Å². The fraction of sp³-hybridized carbons (Fsp3) is 0.300. The minimum atomic E-state index is -3.74. The van der Waals surface area contributed by atoms with Gasteiger partial charge in [0, 0.05) is 6.54 Å². The van der Waals surface area contributed by atoms with Crippen molar-refractivity contribution >= 4 is 37.1 Å². The van der Waals surface area contributed by atoms with Crippen LogP contribution < -0.4 is 10.5 Å². The predicted molar refractivity (Wildman–Crippen MR) is 122 cm³/mol. The number of hydrogen-bond donors (Lipinski definition) is 2. The van der Waals surface area contributed by atoms with Crippen LogP contribution in [-0.2, 0) is 26.3 Å². The molecule has 1 unspecified atom stereocenters. The molecule has 0 radical (unpaired) electrons. The molecular formula is C20H22N4O5S3. The first kappa shape index (κ1) is 22.6. The van der Waals surface area contributed by atoms with Crippen molar-refractivity contribution in [1.82, 2.24) is 15.1 Å². The van der Waals surface area contributed by atoms with Crippen molar-refractivity contribution < 1.29 is 21.6 Å². The lowest BCUT2D eigenvalue weighted by Gasteiger charge is -2.12. The number of amides is 1. The Bertz CT molecular complexity index is 1330. The average Bonchev–Trinajstić information content (AvgIpc) is 3.46. The highest BCUT2D eigenvalue weighted by Crippen LogP contribution is 2.32. The van der Waals surface area contributed by atoms with Crippen LogP contribution in [0.5, 0.6) is 0 Å². The molecule has 1 fully saturated rings. The highest BCUT2D eigenvalue weighted by Gasteiger charge is 2.32. The second-order valence-electron chi connectivity index (χ2n) is 7.59. The number of aromatic nitrogens is 2. The first-order valence-corrected chi connectivity index (χ1v) is 14.1. The molecule has 12 heteroatoms. The molecule has 3 N–H and O–H groups in total. The number of primary sulfonamides is 1. The third-order valence-electron chi connectivity index (χ3n) is 5.25. The Kier molecular flexibility index (Phi) is 6.21. The Labute approximate surface area is 190 Å². The fourth-order valence-corrected chi connectivity index (χ4v) is 6.56. The smallest absolute Gasteiger partial charge is 0.271 e. The maximum Gasteiger partial charge on any atom is 0.271 e. The Morgan fingerprint density at radius 3 is 2.59 bits per heavy atom. The molecule has 4 rings (SSSR count). The lowest BCUT2D eigenvalue weighted by atomic mass is 10.1. The second kappa shape index (κ2) is 8.77. The van der Waals surface area contributed by atoms with Gasteiger partial charge in [0.1, 0.15) is 0 Å². The molecular weight excluding hydrogens is 472 g/mol. The van der Waals surface area contributed by atoms with Gasteiger partial charge in [-0.15, -0.1) is 11.3 Å². The molecule has 1 atom stereocenters. The highest BCUT2D eigenvalue weighted by molar-refractivity contribution is 7.91. The molecule has 1 aromatic carbocycles. The van der Waals surface area contributed by atoms with Crippen LogP contribution in [0, 0.1) is 0 Å². The van der Waals surface area contributed by atoms with Gasteiger partial charge in [0.15, 0.2) is 15.5 Å². The summed E-state index contributed by atoms with van der Waals surface area (Å²) in [5.74, 6) is -0.223. The van der Waals surface area contributed by atoms with Gasteiger partial charge in [0.2, 0.25) is 10.0 Å². The first-order chi connectivity index (χ1) is 15.1. The molecule has 170 valence electrons. The van der Waals surface area contributed by atoms with Crippen molar-refractivity contribution in [3.63, 3.8) is 0 Å². The predicted octanol–water partition coefficient (Wildman–Crippen LogP) is 1.59. The summed E-state index contributed by atoms with van der Waals surface area (Å²) in [6, 6.07) is 11.3. The van der Waals surface area contributed by atoms with Crippen molar-refractivity contribution in [1.29, 1.82) is 0 Å². The summed E-state index contributed by atoms with van der Waals surface area (Å²) in [7, 11) is -6.84. The fourth-order valence-electron chi connectivity index (χ4n) is 3.62. The molecule has 3 heterocycles. The summed E-state index contributed by atoms with van der Waals surface area (Å²) in [6.07, 6.45) is 0.966. The van der Waals surface area contributed by atoms with Crippen LogP contribution in [0.15, 0.2) is 52.7 Å². The van der Waals surface area contributed by atoms with E-state index in [2.05, 4.69) is 10.4 Å². The van der Waals surface area contributed by atoms with Crippen LogP contribution in [0.3, 0.4) is 0 Å². The monoisotopic (exact) mass is 494 g/mol. The minimum Gasteiger partial charge on any atom is -0.350 e. The normalized spacial score (nSPS) is 18.0. The number of benzene rings is 1. The van der Waals surface area contributed by atoms with Gasteiger partial charge in [-0.05, 0) is 48.1 Å². The Morgan fingerprint density at radius 1 is 1.25 bits per heavy atom. The van der Waals surface area contributed by atoms with Crippen LogP contribution in [0.4, 0.5) is 0 Å². The van der Waals surface area contributed by atoms with Gasteiger partial charge >= 0.3 is 0 Å². The van der Waals surface area contributed by atoms with E-state index in [4.69, 9.17) is 5.14 Å². The molecule has 0 spiro atoms. The molecule has 1 saturated heterocycles. The number of sulfone groups is 1. The minimum absolute atomic E-state index is 0.0165. The largest absolute Gasteiger partial charge is 0.350 e. The lowest BCUT2D eigenvalue weighted by Crippen LogP contribution is -2.26. The van der Waals surface area contributed by atoms with Gasteiger partial charge in [-0.25, -0.2) is 22.0 Å². The molecule has 1 aliphatic heterocycles. The van der Waals surface area contributed by atoms with Crippen LogP contribution in [0.2, 0.25) is 0 Å². The van der Waals surface area contributed by atoms with Crippen molar-refractivity contribution in [3.8, 4) is 10.6 Å². The maximum atomic E-state index is 12.7. The summed E-state index contributed by atoms with van der Waals surface area (Å²) in [5, 5.41) is 14.3. The zero-order valence-electron chi connectivity index (χ0n) is 17.0. The summed E-state index contributed by atoms with van der Waals surface area (Å²) in [4.78, 5) is 13.6. The maximum absolute atomic E-state index is 12.7. The number of nitrogens with one attached hydrogen (secondary N) is 1. The summed E-state index contributed by atoms with van der Waals surface area (Å²) in [6.45, 7) is 0.326. The van der Waals surface area contributed by atoms with Gasteiger partial charge in [-0.2, -0.15) is 5.10 Å². The van der Waals surface area contributed by atoms with E-state index in [1.165, 1.54) is 23.5 Å². The summed E-state index contributed by atoms with van der Waals surface area (Å²) < 4.78 is 48.2. The highest BCUT2D eigenvalue weighted by atomic mass is 32.2. The van der Waals surface area contributed by atoms with E-state index >= 15 is 0 Å². The van der Waals surface area contributed by atoms with Crippen LogP contribution in [0.25, 0.3) is 10.6 Å². The third-order valence-corrected chi connectivity index (χ3v) is 8.82. The zero-order chi connectivity index (χ0) is 22.9.